The highest BCUT2D eigenvalue weighted by Crippen LogP contribution is 2.43. The van der Waals surface area contributed by atoms with E-state index in [4.69, 9.17) is 0 Å². The van der Waals surface area contributed by atoms with E-state index in [-0.39, 0.29) is 0 Å². The summed E-state index contributed by atoms with van der Waals surface area (Å²) in [7, 11) is 0. The number of unbranched alkanes of at least 4 members (excludes halogenated alkanes) is 20. The van der Waals surface area contributed by atoms with Gasteiger partial charge < -0.3 is 5.53 Å². The van der Waals surface area contributed by atoms with Crippen LogP contribution in [-0.2, 0) is 12.8 Å². The lowest BCUT2D eigenvalue weighted by Gasteiger charge is -2.12. The van der Waals surface area contributed by atoms with E-state index in [1.165, 1.54) is 164 Å². The molecule has 0 N–H and O–H groups in total. The molecule has 282 valence electrons. The van der Waals surface area contributed by atoms with Crippen LogP contribution >= 0.6 is 0 Å². The van der Waals surface area contributed by atoms with Crippen LogP contribution < -0.4 is 0 Å². The first-order valence-electron chi connectivity index (χ1n) is 22.0. The largest absolute Gasteiger partial charge is 0.493 e. The van der Waals surface area contributed by atoms with E-state index in [2.05, 4.69) is 88.4 Å². The van der Waals surface area contributed by atoms with Crippen LogP contribution in [0, 0.1) is 0 Å². The third-order valence-electron chi connectivity index (χ3n) is 10.9. The van der Waals surface area contributed by atoms with Gasteiger partial charge in [-0.1, -0.05) is 186 Å². The van der Waals surface area contributed by atoms with Gasteiger partial charge in [0.05, 0.1) is 5.57 Å². The van der Waals surface area contributed by atoms with Gasteiger partial charge in [0.15, 0.2) is 0 Å². The lowest BCUT2D eigenvalue weighted by atomic mass is 9.93. The number of nitrogens with zero attached hydrogens (tertiary/aromatic N) is 2. The maximum Gasteiger partial charge on any atom is 0.215 e. The van der Waals surface area contributed by atoms with Gasteiger partial charge in [-0.05, 0) is 86.8 Å². The van der Waals surface area contributed by atoms with E-state index in [0.717, 1.165) is 54.6 Å². The van der Waals surface area contributed by atoms with Crippen LogP contribution in [0.1, 0.15) is 210 Å². The lowest BCUT2D eigenvalue weighted by Crippen LogP contribution is -2.03. The summed E-state index contributed by atoms with van der Waals surface area (Å²) in [5.74, 6) is 0. The summed E-state index contributed by atoms with van der Waals surface area (Å²) in [6.07, 6.45) is 39.1. The van der Waals surface area contributed by atoms with Crippen LogP contribution in [0.5, 0.6) is 0 Å². The maximum atomic E-state index is 12.3. The second-order valence-electron chi connectivity index (χ2n) is 15.5. The van der Waals surface area contributed by atoms with Crippen molar-refractivity contribution in [3.63, 3.8) is 0 Å². The molecule has 51 heavy (non-hydrogen) atoms. The Morgan fingerprint density at radius 2 is 0.882 bits per heavy atom. The first-order valence-corrected chi connectivity index (χ1v) is 22.0. The Labute approximate surface area is 315 Å². The number of allylic oxidation sites excluding steroid dienone is 4. The van der Waals surface area contributed by atoms with Gasteiger partial charge in [0, 0.05) is 16.7 Å². The summed E-state index contributed by atoms with van der Waals surface area (Å²) >= 11 is 0. The SMILES string of the molecule is CCCCCCCCCCCC=CC1=C(c2cccc(CCCCCC)c2)[N+](=[N-])C(c2cccc(CCCCCC)c2)=C1CCCCCCCC. The molecule has 2 nitrogen and oxygen atoms in total. The van der Waals surface area contributed by atoms with E-state index < -0.39 is 0 Å². The molecule has 3 rings (SSSR count). The Morgan fingerprint density at radius 3 is 1.39 bits per heavy atom. The fraction of sp³-hybridized carbons (Fsp3) is 0.633. The molecule has 0 amide bonds. The fourth-order valence-corrected chi connectivity index (χ4v) is 7.75. The molecular formula is C49H76N2. The maximum absolute atomic E-state index is 12.3. The molecule has 1 aliphatic rings. The summed E-state index contributed by atoms with van der Waals surface area (Å²) in [5, 5.41) is 0. The van der Waals surface area contributed by atoms with Crippen LogP contribution in [0.25, 0.3) is 16.9 Å². The van der Waals surface area contributed by atoms with Crippen molar-refractivity contribution in [1.82, 2.24) is 0 Å². The molecule has 0 unspecified atom stereocenters. The Morgan fingerprint density at radius 1 is 0.471 bits per heavy atom. The van der Waals surface area contributed by atoms with E-state index in [9.17, 15) is 5.53 Å². The van der Waals surface area contributed by atoms with E-state index in [1.807, 2.05) is 0 Å². The van der Waals surface area contributed by atoms with Crippen molar-refractivity contribution in [1.29, 1.82) is 0 Å². The Kier molecular flexibility index (Phi) is 22.5. The molecule has 0 bridgehead atoms. The zero-order chi connectivity index (χ0) is 36.4. The minimum atomic E-state index is 0.970. The summed E-state index contributed by atoms with van der Waals surface area (Å²) < 4.78 is 1.58. The highest BCUT2D eigenvalue weighted by atomic mass is 15.2. The van der Waals surface area contributed by atoms with E-state index in [0.29, 0.717) is 0 Å². The molecule has 0 atom stereocenters. The molecule has 0 radical (unpaired) electrons. The van der Waals surface area contributed by atoms with Gasteiger partial charge in [0.1, 0.15) is 0 Å². The number of rotatable bonds is 30. The van der Waals surface area contributed by atoms with Gasteiger partial charge in [0.25, 0.3) is 0 Å². The Balaban J connectivity index is 1.91. The van der Waals surface area contributed by atoms with Gasteiger partial charge in [-0.3, -0.25) is 0 Å². The molecule has 0 saturated carbocycles. The molecule has 2 aromatic rings. The smallest absolute Gasteiger partial charge is 0.215 e. The van der Waals surface area contributed by atoms with Crippen molar-refractivity contribution >= 4 is 11.4 Å². The summed E-state index contributed by atoms with van der Waals surface area (Å²) in [6.45, 7) is 9.15. The average molecular weight is 693 g/mol. The number of aryl methyl sites for hydroxylation is 2. The predicted octanol–water partition coefficient (Wildman–Crippen LogP) is 16.3. The van der Waals surface area contributed by atoms with Crippen molar-refractivity contribution < 1.29 is 4.70 Å². The molecule has 1 heterocycles. The van der Waals surface area contributed by atoms with E-state index >= 15 is 0 Å². The number of hydrogen-bond acceptors (Lipinski definition) is 0. The molecule has 0 saturated heterocycles. The highest BCUT2D eigenvalue weighted by Gasteiger charge is 2.34. The molecule has 0 spiro atoms. The third-order valence-corrected chi connectivity index (χ3v) is 10.9. The second kappa shape index (κ2) is 26.9. The first-order chi connectivity index (χ1) is 25.1. The van der Waals surface area contributed by atoms with Crippen molar-refractivity contribution in [3.8, 4) is 0 Å². The quantitative estimate of drug-likeness (QED) is 0.0575. The molecule has 0 fully saturated rings. The van der Waals surface area contributed by atoms with Gasteiger partial charge in [-0.2, -0.15) is 0 Å². The van der Waals surface area contributed by atoms with Crippen LogP contribution in [-0.4, -0.2) is 4.70 Å². The Hall–Kier alpha value is -2.74. The molecular weight excluding hydrogens is 617 g/mol. The van der Waals surface area contributed by atoms with E-state index in [1.54, 1.807) is 4.70 Å². The third kappa shape index (κ3) is 15.8. The van der Waals surface area contributed by atoms with Crippen LogP contribution in [0.15, 0.2) is 71.8 Å². The zero-order valence-corrected chi connectivity index (χ0v) is 33.8. The first kappa shape index (κ1) is 42.7. The second-order valence-corrected chi connectivity index (χ2v) is 15.5. The van der Waals surface area contributed by atoms with Gasteiger partial charge in [-0.25, -0.2) is 4.70 Å². The summed E-state index contributed by atoms with van der Waals surface area (Å²) in [6, 6.07) is 18.1. The van der Waals surface area contributed by atoms with Crippen molar-refractivity contribution in [2.75, 3.05) is 0 Å². The molecule has 2 heteroatoms. The summed E-state index contributed by atoms with van der Waals surface area (Å²) in [5.41, 5.74) is 21.9. The number of hydrogen-bond donors (Lipinski definition) is 0. The standard InChI is InChI=1S/C49H76N2/c1-5-9-13-17-19-20-21-22-23-25-29-39-47-46(38-28-24-18-14-10-6-2)48(44-36-30-34-42(40-44)32-26-15-11-7-3)51(50)49(47)45-37-31-35-43(41-45)33-27-16-12-8-4/h29-31,34-37,39-41H,5-28,32-33,38H2,1-4H3. The molecule has 0 aromatic heterocycles. The van der Waals surface area contributed by atoms with Crippen molar-refractivity contribution in [2.45, 2.75) is 201 Å². The summed E-state index contributed by atoms with van der Waals surface area (Å²) in [4.78, 5) is 0. The van der Waals surface area contributed by atoms with Gasteiger partial charge in [0.2, 0.25) is 11.4 Å². The Bertz CT molecular complexity index is 1340. The van der Waals surface area contributed by atoms with Crippen LogP contribution in [0.4, 0.5) is 0 Å². The molecule has 2 aromatic carbocycles. The fourth-order valence-electron chi connectivity index (χ4n) is 7.75. The van der Waals surface area contributed by atoms with Crippen molar-refractivity contribution in [2.24, 2.45) is 0 Å². The molecule has 1 aliphatic heterocycles. The van der Waals surface area contributed by atoms with Gasteiger partial charge in [-0.15, -0.1) is 0 Å². The van der Waals surface area contributed by atoms with Gasteiger partial charge >= 0.3 is 0 Å². The van der Waals surface area contributed by atoms with Crippen LogP contribution in [0.3, 0.4) is 0 Å². The lowest BCUT2D eigenvalue weighted by molar-refractivity contribution is -0.345. The zero-order valence-electron chi connectivity index (χ0n) is 33.8. The topological polar surface area (TPSA) is 25.3 Å². The normalized spacial score (nSPS) is 13.5. The van der Waals surface area contributed by atoms with Crippen molar-refractivity contribution in [3.05, 3.63) is 99.6 Å². The monoisotopic (exact) mass is 693 g/mol. The van der Waals surface area contributed by atoms with Crippen LogP contribution in [0.2, 0.25) is 0 Å². The number of benzene rings is 2. The minimum Gasteiger partial charge on any atom is -0.493 e. The minimum absolute atomic E-state index is 0.970. The molecule has 0 aliphatic carbocycles. The highest BCUT2D eigenvalue weighted by molar-refractivity contribution is 5.84. The average Bonchev–Trinajstić information content (AvgIpc) is 3.42. The predicted molar refractivity (Wildman–Crippen MR) is 225 cm³/mol.